The number of hydrogen-bond donors (Lipinski definition) is 1. The number of aromatic nitrogens is 1. The third-order valence-corrected chi connectivity index (χ3v) is 4.72. The zero-order valence-electron chi connectivity index (χ0n) is 14.2. The SMILES string of the molecule is CC1CCN(C(=O)c2cncc(Nc3ccc4c(c3)OCO4)c2)CC1. The van der Waals surface area contributed by atoms with Gasteiger partial charge in [-0.25, -0.2) is 0 Å². The predicted molar refractivity (Wildman–Crippen MR) is 94.4 cm³/mol. The second kappa shape index (κ2) is 6.63. The first-order valence-corrected chi connectivity index (χ1v) is 8.60. The van der Waals surface area contributed by atoms with Crippen molar-refractivity contribution in [2.45, 2.75) is 19.8 Å². The van der Waals surface area contributed by atoms with Crippen LogP contribution in [0.1, 0.15) is 30.1 Å². The Hall–Kier alpha value is -2.76. The van der Waals surface area contributed by atoms with E-state index in [1.54, 1.807) is 12.4 Å². The van der Waals surface area contributed by atoms with Crippen LogP contribution in [0.15, 0.2) is 36.7 Å². The molecule has 1 N–H and O–H groups in total. The number of hydrogen-bond acceptors (Lipinski definition) is 5. The Kier molecular flexibility index (Phi) is 4.17. The molecule has 0 atom stereocenters. The number of pyridine rings is 1. The Bertz CT molecular complexity index is 785. The summed E-state index contributed by atoms with van der Waals surface area (Å²) in [7, 11) is 0. The summed E-state index contributed by atoms with van der Waals surface area (Å²) in [5, 5.41) is 3.27. The summed E-state index contributed by atoms with van der Waals surface area (Å²) in [6.45, 7) is 4.12. The van der Waals surface area contributed by atoms with E-state index in [-0.39, 0.29) is 12.7 Å². The topological polar surface area (TPSA) is 63.7 Å². The molecule has 0 bridgehead atoms. The lowest BCUT2D eigenvalue weighted by atomic mass is 9.99. The summed E-state index contributed by atoms with van der Waals surface area (Å²) in [5.74, 6) is 2.20. The molecular formula is C19H21N3O3. The molecular weight excluding hydrogens is 318 g/mol. The van der Waals surface area contributed by atoms with Crippen molar-refractivity contribution in [2.24, 2.45) is 5.92 Å². The highest BCUT2D eigenvalue weighted by atomic mass is 16.7. The van der Waals surface area contributed by atoms with Crippen LogP contribution in [0.2, 0.25) is 0 Å². The molecule has 2 aliphatic rings. The molecule has 0 saturated carbocycles. The van der Waals surface area contributed by atoms with Gasteiger partial charge < -0.3 is 19.7 Å². The fourth-order valence-electron chi connectivity index (χ4n) is 3.16. The number of amides is 1. The van der Waals surface area contributed by atoms with Crippen molar-refractivity contribution in [3.8, 4) is 11.5 Å². The van der Waals surface area contributed by atoms with Crippen LogP contribution in [0.3, 0.4) is 0 Å². The van der Waals surface area contributed by atoms with E-state index in [0.29, 0.717) is 17.2 Å². The van der Waals surface area contributed by atoms with E-state index in [0.717, 1.165) is 43.1 Å². The number of ether oxygens (including phenoxy) is 2. The summed E-state index contributed by atoms with van der Waals surface area (Å²) in [6.07, 6.45) is 5.47. The van der Waals surface area contributed by atoms with Crippen LogP contribution in [0.25, 0.3) is 0 Å². The maximum atomic E-state index is 12.7. The molecule has 1 fully saturated rings. The van der Waals surface area contributed by atoms with Crippen LogP contribution in [-0.4, -0.2) is 35.7 Å². The molecule has 25 heavy (non-hydrogen) atoms. The normalized spacial score (nSPS) is 16.8. The number of carbonyl (C=O) groups excluding carboxylic acids is 1. The van der Waals surface area contributed by atoms with Crippen molar-refractivity contribution in [3.05, 3.63) is 42.2 Å². The Morgan fingerprint density at radius 1 is 1.12 bits per heavy atom. The molecule has 2 aromatic rings. The summed E-state index contributed by atoms with van der Waals surface area (Å²) in [6, 6.07) is 7.50. The highest BCUT2D eigenvalue weighted by molar-refractivity contribution is 5.95. The minimum absolute atomic E-state index is 0.0498. The lowest BCUT2D eigenvalue weighted by Crippen LogP contribution is -2.37. The Balaban J connectivity index is 1.48. The Morgan fingerprint density at radius 3 is 2.76 bits per heavy atom. The zero-order chi connectivity index (χ0) is 17.2. The summed E-state index contributed by atoms with van der Waals surface area (Å²) >= 11 is 0. The van der Waals surface area contributed by atoms with Crippen molar-refractivity contribution < 1.29 is 14.3 Å². The van der Waals surface area contributed by atoms with Crippen molar-refractivity contribution in [3.63, 3.8) is 0 Å². The van der Waals surface area contributed by atoms with Crippen LogP contribution >= 0.6 is 0 Å². The van der Waals surface area contributed by atoms with Gasteiger partial charge in [0.1, 0.15) is 0 Å². The second-order valence-electron chi connectivity index (χ2n) is 6.63. The number of nitrogens with zero attached hydrogens (tertiary/aromatic N) is 2. The maximum absolute atomic E-state index is 12.7. The van der Waals surface area contributed by atoms with Gasteiger partial charge in [0.05, 0.1) is 17.4 Å². The van der Waals surface area contributed by atoms with E-state index in [1.807, 2.05) is 29.2 Å². The van der Waals surface area contributed by atoms with E-state index < -0.39 is 0 Å². The van der Waals surface area contributed by atoms with E-state index in [2.05, 4.69) is 17.2 Å². The van der Waals surface area contributed by atoms with Crippen molar-refractivity contribution in [1.82, 2.24) is 9.88 Å². The number of anilines is 2. The third kappa shape index (κ3) is 3.38. The molecule has 2 aliphatic heterocycles. The molecule has 130 valence electrons. The van der Waals surface area contributed by atoms with E-state index in [9.17, 15) is 4.79 Å². The molecule has 0 aliphatic carbocycles. The lowest BCUT2D eigenvalue weighted by Gasteiger charge is -2.30. The molecule has 0 spiro atoms. The number of likely N-dealkylation sites (tertiary alicyclic amines) is 1. The molecule has 0 unspecified atom stereocenters. The van der Waals surface area contributed by atoms with Gasteiger partial charge in [-0.15, -0.1) is 0 Å². The van der Waals surface area contributed by atoms with Gasteiger partial charge in [-0.05, 0) is 37.0 Å². The van der Waals surface area contributed by atoms with Gasteiger partial charge in [0.2, 0.25) is 6.79 Å². The third-order valence-electron chi connectivity index (χ3n) is 4.72. The number of piperidine rings is 1. The fourth-order valence-corrected chi connectivity index (χ4v) is 3.16. The van der Waals surface area contributed by atoms with Crippen LogP contribution in [-0.2, 0) is 0 Å². The van der Waals surface area contributed by atoms with Crippen molar-refractivity contribution in [1.29, 1.82) is 0 Å². The highest BCUT2D eigenvalue weighted by Gasteiger charge is 2.22. The lowest BCUT2D eigenvalue weighted by molar-refractivity contribution is 0.0697. The predicted octanol–water partition coefficient (Wildman–Crippen LogP) is 3.43. The van der Waals surface area contributed by atoms with Gasteiger partial charge in [-0.3, -0.25) is 9.78 Å². The van der Waals surface area contributed by atoms with Gasteiger partial charge in [-0.2, -0.15) is 0 Å². The van der Waals surface area contributed by atoms with Crippen molar-refractivity contribution >= 4 is 17.3 Å². The van der Waals surface area contributed by atoms with Gasteiger partial charge in [0.25, 0.3) is 5.91 Å². The molecule has 1 saturated heterocycles. The van der Waals surface area contributed by atoms with Crippen LogP contribution in [0.4, 0.5) is 11.4 Å². The molecule has 6 nitrogen and oxygen atoms in total. The first-order chi connectivity index (χ1) is 12.2. The molecule has 3 heterocycles. The molecule has 6 heteroatoms. The molecule has 1 aromatic heterocycles. The van der Waals surface area contributed by atoms with Crippen molar-refractivity contribution in [2.75, 3.05) is 25.2 Å². The first-order valence-electron chi connectivity index (χ1n) is 8.60. The summed E-state index contributed by atoms with van der Waals surface area (Å²) < 4.78 is 10.7. The molecule has 4 rings (SSSR count). The average molecular weight is 339 g/mol. The monoisotopic (exact) mass is 339 g/mol. The van der Waals surface area contributed by atoms with E-state index in [1.165, 1.54) is 0 Å². The second-order valence-corrected chi connectivity index (χ2v) is 6.63. The first kappa shape index (κ1) is 15.7. The number of fused-ring (bicyclic) bond motifs is 1. The number of carbonyl (C=O) groups is 1. The molecule has 0 radical (unpaired) electrons. The number of rotatable bonds is 3. The van der Waals surface area contributed by atoms with Gasteiger partial charge in [0, 0.05) is 31.0 Å². The van der Waals surface area contributed by atoms with Gasteiger partial charge in [0.15, 0.2) is 11.5 Å². The van der Waals surface area contributed by atoms with Crippen LogP contribution in [0, 0.1) is 5.92 Å². The Morgan fingerprint density at radius 2 is 1.92 bits per heavy atom. The Labute approximate surface area is 146 Å². The van der Waals surface area contributed by atoms with Gasteiger partial charge in [-0.1, -0.05) is 6.92 Å². The van der Waals surface area contributed by atoms with Crippen LogP contribution < -0.4 is 14.8 Å². The van der Waals surface area contributed by atoms with E-state index >= 15 is 0 Å². The zero-order valence-corrected chi connectivity index (χ0v) is 14.2. The fraction of sp³-hybridized carbons (Fsp3) is 0.368. The maximum Gasteiger partial charge on any atom is 0.255 e. The quantitative estimate of drug-likeness (QED) is 0.928. The summed E-state index contributed by atoms with van der Waals surface area (Å²) in [5.41, 5.74) is 2.25. The largest absolute Gasteiger partial charge is 0.454 e. The minimum Gasteiger partial charge on any atom is -0.454 e. The highest BCUT2D eigenvalue weighted by Crippen LogP contribution is 2.35. The summed E-state index contributed by atoms with van der Waals surface area (Å²) in [4.78, 5) is 18.8. The molecule has 1 amide bonds. The van der Waals surface area contributed by atoms with Crippen LogP contribution in [0.5, 0.6) is 11.5 Å². The smallest absolute Gasteiger partial charge is 0.255 e. The van der Waals surface area contributed by atoms with E-state index in [4.69, 9.17) is 9.47 Å². The number of nitrogens with one attached hydrogen (secondary N) is 1. The average Bonchev–Trinajstić information content (AvgIpc) is 3.10. The standard InChI is InChI=1S/C19H21N3O3/c1-13-4-6-22(7-5-13)19(23)14-8-16(11-20-10-14)21-15-2-3-17-18(9-15)25-12-24-17/h2-3,8-11,13,21H,4-7,12H2,1H3. The number of benzene rings is 1. The minimum atomic E-state index is 0.0498. The molecule has 1 aromatic carbocycles. The van der Waals surface area contributed by atoms with Gasteiger partial charge >= 0.3 is 0 Å².